The highest BCUT2D eigenvalue weighted by Crippen LogP contribution is 2.11. The maximum Gasteiger partial charge on any atom is 0.0537 e. The van der Waals surface area contributed by atoms with Crippen molar-refractivity contribution in [3.63, 3.8) is 0 Å². The first-order chi connectivity index (χ1) is 5.04. The summed E-state index contributed by atoms with van der Waals surface area (Å²) in [6.07, 6.45) is 4.23. The van der Waals surface area contributed by atoms with E-state index in [4.69, 9.17) is 5.11 Å². The molecular formula is C10H20O. The standard InChI is InChI=1S/C10H20O/c1-8(2)6-5-7-9(3)10(4)11/h6,9-11H,5,7H2,1-4H3/t9-,10-/m0/s1. The molecule has 0 radical (unpaired) electrons. The van der Waals surface area contributed by atoms with Gasteiger partial charge in [0.1, 0.15) is 0 Å². The number of aliphatic hydroxyl groups is 1. The molecule has 66 valence electrons. The summed E-state index contributed by atoms with van der Waals surface area (Å²) in [7, 11) is 0. The van der Waals surface area contributed by atoms with Gasteiger partial charge in [0.05, 0.1) is 6.10 Å². The van der Waals surface area contributed by atoms with Crippen molar-refractivity contribution in [1.82, 2.24) is 0 Å². The molecule has 0 unspecified atom stereocenters. The summed E-state index contributed by atoms with van der Waals surface area (Å²) in [5.74, 6) is 0.422. The van der Waals surface area contributed by atoms with E-state index < -0.39 is 0 Å². The third kappa shape index (κ3) is 6.11. The molecule has 0 aliphatic heterocycles. The molecule has 2 atom stereocenters. The monoisotopic (exact) mass is 156 g/mol. The summed E-state index contributed by atoms with van der Waals surface area (Å²) in [6, 6.07) is 0. The Labute approximate surface area is 70.1 Å². The van der Waals surface area contributed by atoms with Crippen LogP contribution in [0.1, 0.15) is 40.5 Å². The van der Waals surface area contributed by atoms with Crippen LogP contribution in [-0.2, 0) is 0 Å². The molecule has 0 aromatic rings. The van der Waals surface area contributed by atoms with E-state index in [1.807, 2.05) is 6.92 Å². The molecule has 11 heavy (non-hydrogen) atoms. The Morgan fingerprint density at radius 2 is 1.91 bits per heavy atom. The SMILES string of the molecule is CC(C)=CCC[C@H](C)[C@H](C)O. The van der Waals surface area contributed by atoms with E-state index in [0.29, 0.717) is 5.92 Å². The zero-order valence-electron chi connectivity index (χ0n) is 8.09. The highest BCUT2D eigenvalue weighted by Gasteiger charge is 2.06. The lowest BCUT2D eigenvalue weighted by Crippen LogP contribution is -2.12. The molecule has 0 spiro atoms. The van der Waals surface area contributed by atoms with Crippen molar-refractivity contribution in [2.24, 2.45) is 5.92 Å². The highest BCUT2D eigenvalue weighted by molar-refractivity contribution is 4.92. The van der Waals surface area contributed by atoms with Gasteiger partial charge in [-0.25, -0.2) is 0 Å². The van der Waals surface area contributed by atoms with Crippen LogP contribution in [-0.4, -0.2) is 11.2 Å². The van der Waals surface area contributed by atoms with E-state index >= 15 is 0 Å². The number of aliphatic hydroxyl groups excluding tert-OH is 1. The van der Waals surface area contributed by atoms with Gasteiger partial charge >= 0.3 is 0 Å². The third-order valence-corrected chi connectivity index (χ3v) is 2.00. The van der Waals surface area contributed by atoms with Crippen LogP contribution < -0.4 is 0 Å². The van der Waals surface area contributed by atoms with Crippen LogP contribution in [0.5, 0.6) is 0 Å². The average molecular weight is 156 g/mol. The molecule has 0 aliphatic rings. The number of hydrogen-bond donors (Lipinski definition) is 1. The van der Waals surface area contributed by atoms with Crippen LogP contribution in [0.15, 0.2) is 11.6 Å². The summed E-state index contributed by atoms with van der Waals surface area (Å²) >= 11 is 0. The first kappa shape index (κ1) is 10.7. The maximum atomic E-state index is 9.17. The van der Waals surface area contributed by atoms with Crippen molar-refractivity contribution in [2.75, 3.05) is 0 Å². The van der Waals surface area contributed by atoms with E-state index in [-0.39, 0.29) is 6.10 Å². The van der Waals surface area contributed by atoms with Gasteiger partial charge in [0.25, 0.3) is 0 Å². The molecule has 1 heteroatoms. The number of rotatable bonds is 4. The molecule has 0 saturated carbocycles. The number of hydrogen-bond acceptors (Lipinski definition) is 1. The van der Waals surface area contributed by atoms with Gasteiger partial charge in [-0.15, -0.1) is 0 Å². The van der Waals surface area contributed by atoms with Gasteiger partial charge in [0, 0.05) is 0 Å². The summed E-state index contributed by atoms with van der Waals surface area (Å²) < 4.78 is 0. The van der Waals surface area contributed by atoms with Crippen molar-refractivity contribution >= 4 is 0 Å². The Balaban J connectivity index is 3.47. The van der Waals surface area contributed by atoms with Crippen molar-refractivity contribution in [3.8, 4) is 0 Å². The molecule has 0 aromatic carbocycles. The first-order valence-electron chi connectivity index (χ1n) is 4.35. The fourth-order valence-corrected chi connectivity index (χ4v) is 0.876. The molecule has 0 amide bonds. The van der Waals surface area contributed by atoms with Gasteiger partial charge in [0.15, 0.2) is 0 Å². The minimum Gasteiger partial charge on any atom is -0.393 e. The fourth-order valence-electron chi connectivity index (χ4n) is 0.876. The third-order valence-electron chi connectivity index (χ3n) is 2.00. The Morgan fingerprint density at radius 1 is 1.36 bits per heavy atom. The topological polar surface area (TPSA) is 20.2 Å². The van der Waals surface area contributed by atoms with Gasteiger partial charge < -0.3 is 5.11 Å². The molecule has 1 N–H and O–H groups in total. The van der Waals surface area contributed by atoms with Crippen LogP contribution in [0, 0.1) is 5.92 Å². The fraction of sp³-hybridized carbons (Fsp3) is 0.800. The minimum atomic E-state index is -0.166. The molecule has 0 aromatic heterocycles. The van der Waals surface area contributed by atoms with Gasteiger partial charge in [0.2, 0.25) is 0 Å². The van der Waals surface area contributed by atoms with Crippen molar-refractivity contribution in [3.05, 3.63) is 11.6 Å². The minimum absolute atomic E-state index is 0.166. The lowest BCUT2D eigenvalue weighted by atomic mass is 10.00. The number of allylic oxidation sites excluding steroid dienone is 2. The first-order valence-corrected chi connectivity index (χ1v) is 4.35. The maximum absolute atomic E-state index is 9.17. The average Bonchev–Trinajstić information content (AvgIpc) is 1.86. The predicted molar refractivity (Wildman–Crippen MR) is 49.5 cm³/mol. The molecule has 0 rings (SSSR count). The van der Waals surface area contributed by atoms with Gasteiger partial charge in [-0.1, -0.05) is 18.6 Å². The van der Waals surface area contributed by atoms with Crippen LogP contribution in [0.25, 0.3) is 0 Å². The van der Waals surface area contributed by atoms with E-state index in [9.17, 15) is 0 Å². The second kappa shape index (κ2) is 5.36. The van der Waals surface area contributed by atoms with E-state index in [0.717, 1.165) is 12.8 Å². The molecule has 0 heterocycles. The smallest absolute Gasteiger partial charge is 0.0537 e. The van der Waals surface area contributed by atoms with Crippen molar-refractivity contribution in [2.45, 2.75) is 46.6 Å². The second-order valence-electron chi connectivity index (χ2n) is 3.58. The Bertz CT molecular complexity index is 121. The molecular weight excluding hydrogens is 136 g/mol. The second-order valence-corrected chi connectivity index (χ2v) is 3.58. The Kier molecular flexibility index (Phi) is 5.22. The predicted octanol–water partition coefficient (Wildman–Crippen LogP) is 2.75. The van der Waals surface area contributed by atoms with E-state index in [2.05, 4.69) is 26.8 Å². The molecule has 1 nitrogen and oxygen atoms in total. The zero-order valence-corrected chi connectivity index (χ0v) is 8.09. The lowest BCUT2D eigenvalue weighted by molar-refractivity contribution is 0.130. The summed E-state index contributed by atoms with van der Waals surface area (Å²) in [4.78, 5) is 0. The van der Waals surface area contributed by atoms with Crippen LogP contribution in [0.4, 0.5) is 0 Å². The van der Waals surface area contributed by atoms with Crippen LogP contribution in [0.2, 0.25) is 0 Å². The van der Waals surface area contributed by atoms with E-state index in [1.165, 1.54) is 5.57 Å². The Hall–Kier alpha value is -0.300. The Morgan fingerprint density at radius 3 is 2.27 bits per heavy atom. The van der Waals surface area contributed by atoms with Crippen molar-refractivity contribution < 1.29 is 5.11 Å². The lowest BCUT2D eigenvalue weighted by Gasteiger charge is -2.12. The van der Waals surface area contributed by atoms with Crippen LogP contribution >= 0.6 is 0 Å². The molecule has 0 aliphatic carbocycles. The zero-order chi connectivity index (χ0) is 8.85. The highest BCUT2D eigenvalue weighted by atomic mass is 16.3. The quantitative estimate of drug-likeness (QED) is 0.620. The summed E-state index contributed by atoms with van der Waals surface area (Å²) in [6.45, 7) is 8.15. The summed E-state index contributed by atoms with van der Waals surface area (Å²) in [5.41, 5.74) is 1.36. The van der Waals surface area contributed by atoms with Crippen LogP contribution in [0.3, 0.4) is 0 Å². The molecule has 0 fully saturated rings. The molecule has 0 saturated heterocycles. The summed E-state index contributed by atoms with van der Waals surface area (Å²) in [5, 5.41) is 9.17. The van der Waals surface area contributed by atoms with Gasteiger partial charge in [-0.05, 0) is 39.5 Å². The molecule has 0 bridgehead atoms. The van der Waals surface area contributed by atoms with Crippen molar-refractivity contribution in [1.29, 1.82) is 0 Å². The normalized spacial score (nSPS) is 15.7. The van der Waals surface area contributed by atoms with E-state index in [1.54, 1.807) is 0 Å². The van der Waals surface area contributed by atoms with Gasteiger partial charge in [-0.3, -0.25) is 0 Å². The van der Waals surface area contributed by atoms with Gasteiger partial charge in [-0.2, -0.15) is 0 Å². The largest absolute Gasteiger partial charge is 0.393 e.